The maximum Gasteiger partial charge on any atom is 0.250 e. The Morgan fingerprint density at radius 3 is 2.25 bits per heavy atom. The predicted octanol–water partition coefficient (Wildman–Crippen LogP) is -1.98. The number of nitrogens with two attached hydrogens (primary N) is 1. The molecule has 1 aromatic rings. The van der Waals surface area contributed by atoms with Gasteiger partial charge in [-0.2, -0.15) is 0 Å². The van der Waals surface area contributed by atoms with E-state index in [4.69, 9.17) is 26.2 Å². The van der Waals surface area contributed by atoms with Gasteiger partial charge in [0.05, 0.1) is 12.2 Å². The number of aliphatic hydroxyl groups excluding tert-OH is 4. The molecule has 0 bridgehead atoms. The van der Waals surface area contributed by atoms with Crippen LogP contribution in [-0.2, 0) is 4.74 Å². The number of carbonyl (C=O) groups is 1. The normalized spacial score (nSPS) is 28.0. The predicted molar refractivity (Wildman–Crippen MR) is 70.0 cm³/mol. The number of carbonyl (C=O) groups excluding carboxylic acids is 1. The highest BCUT2D eigenvalue weighted by molar-refractivity contribution is 5.92. The summed E-state index contributed by atoms with van der Waals surface area (Å²) in [5, 5.41) is 35.0. The molecule has 0 spiro atoms. The van der Waals surface area contributed by atoms with Crippen molar-refractivity contribution in [2.75, 3.05) is 6.61 Å². The lowest BCUT2D eigenvalue weighted by Crippen LogP contribution is -2.33. The second kappa shape index (κ2) is 8.80. The molecule has 4 atom stereocenters. The van der Waals surface area contributed by atoms with Crippen molar-refractivity contribution in [1.82, 2.24) is 4.98 Å². The first-order chi connectivity index (χ1) is 8.97. The molecule has 1 aromatic heterocycles. The monoisotopic (exact) mass is 308 g/mol. The van der Waals surface area contributed by atoms with E-state index in [0.29, 0.717) is 5.56 Å². The highest BCUT2D eigenvalue weighted by atomic mass is 35.5. The van der Waals surface area contributed by atoms with Crippen LogP contribution >= 0.6 is 12.4 Å². The van der Waals surface area contributed by atoms with Gasteiger partial charge in [-0.05, 0) is 12.1 Å². The summed E-state index contributed by atoms with van der Waals surface area (Å²) >= 11 is 0. The van der Waals surface area contributed by atoms with Crippen LogP contribution in [0.3, 0.4) is 0 Å². The number of hydrogen-bond donors (Lipinski definition) is 5. The average molecular weight is 309 g/mol. The summed E-state index contributed by atoms with van der Waals surface area (Å²) in [5.74, 6) is -0.442. The number of amides is 1. The summed E-state index contributed by atoms with van der Waals surface area (Å²) < 4.78 is 4.54. The molecule has 0 aromatic carbocycles. The van der Waals surface area contributed by atoms with Gasteiger partial charge >= 0.3 is 0 Å². The largest absolute Gasteiger partial charge is 0.394 e. The van der Waals surface area contributed by atoms with Gasteiger partial charge in [-0.15, -0.1) is 12.4 Å². The Hall–Kier alpha value is -1.29. The summed E-state index contributed by atoms with van der Waals surface area (Å²) in [6.07, 6.45) is -1.73. The minimum absolute atomic E-state index is 0. The van der Waals surface area contributed by atoms with Crippen LogP contribution in [0.25, 0.3) is 0 Å². The first kappa shape index (κ1) is 18.7. The molecule has 0 unspecified atom stereocenters. The number of rotatable bonds is 2. The van der Waals surface area contributed by atoms with Crippen LogP contribution in [-0.4, -0.2) is 62.5 Å². The highest BCUT2D eigenvalue weighted by Crippen LogP contribution is 2.18. The van der Waals surface area contributed by atoms with Crippen LogP contribution in [0, 0.1) is 0 Å². The summed E-state index contributed by atoms with van der Waals surface area (Å²) in [6, 6.07) is 3.29. The fourth-order valence-electron chi connectivity index (χ4n) is 1.39. The molecule has 1 amide bonds. The van der Waals surface area contributed by atoms with Gasteiger partial charge in [-0.25, -0.2) is 0 Å². The molecular weight excluding hydrogens is 292 g/mol. The van der Waals surface area contributed by atoms with Gasteiger partial charge in [-0.3, -0.25) is 9.78 Å². The van der Waals surface area contributed by atoms with Gasteiger partial charge in [0.25, 0.3) is 0 Å². The van der Waals surface area contributed by atoms with Crippen LogP contribution in [0.5, 0.6) is 0 Å². The summed E-state index contributed by atoms with van der Waals surface area (Å²) in [6.45, 7) is -0.407. The zero-order chi connectivity index (χ0) is 14.4. The second-order valence-corrected chi connectivity index (χ2v) is 3.83. The van der Waals surface area contributed by atoms with Gasteiger partial charge < -0.3 is 30.9 Å². The molecule has 2 heterocycles. The van der Waals surface area contributed by atoms with E-state index in [0.717, 1.165) is 0 Å². The Balaban J connectivity index is 0.000000345. The first-order valence-corrected chi connectivity index (χ1v) is 5.47. The van der Waals surface area contributed by atoms with Crippen molar-refractivity contribution in [3.8, 4) is 0 Å². The van der Waals surface area contributed by atoms with E-state index >= 15 is 0 Å². The van der Waals surface area contributed by atoms with Crippen LogP contribution in [0.1, 0.15) is 10.4 Å². The fourth-order valence-corrected chi connectivity index (χ4v) is 1.39. The molecule has 20 heavy (non-hydrogen) atoms. The second-order valence-electron chi connectivity index (χ2n) is 3.83. The van der Waals surface area contributed by atoms with Crippen LogP contribution in [0.4, 0.5) is 0 Å². The van der Waals surface area contributed by atoms with Crippen molar-refractivity contribution in [3.05, 3.63) is 30.1 Å². The Kier molecular flexibility index (Phi) is 8.23. The first-order valence-electron chi connectivity index (χ1n) is 5.47. The smallest absolute Gasteiger partial charge is 0.250 e. The molecule has 9 heteroatoms. The lowest BCUT2D eigenvalue weighted by molar-refractivity contribution is -0.132. The molecule has 0 aliphatic carbocycles. The maximum atomic E-state index is 10.4. The number of nitrogens with zero attached hydrogens (tertiary/aromatic N) is 1. The van der Waals surface area contributed by atoms with Crippen molar-refractivity contribution < 1.29 is 30.0 Å². The Bertz CT molecular complexity index is 407. The topological polar surface area (TPSA) is 146 Å². The zero-order valence-corrected chi connectivity index (χ0v) is 11.2. The number of primary amides is 1. The fraction of sp³-hybridized carbons (Fsp3) is 0.455. The molecule has 6 N–H and O–H groups in total. The van der Waals surface area contributed by atoms with E-state index in [-0.39, 0.29) is 12.4 Å². The zero-order valence-electron chi connectivity index (χ0n) is 10.4. The Labute approximate surface area is 121 Å². The van der Waals surface area contributed by atoms with E-state index in [9.17, 15) is 4.79 Å². The number of pyridine rings is 1. The Morgan fingerprint density at radius 1 is 1.35 bits per heavy atom. The standard InChI is InChI=1S/C6H6N2O.C5H10O5.ClH/c7-6(9)5-2-1-3-8-4-5;6-1-2-3(7)4(8)5(9)10-2;/h1-4H,(H2,7,9);2-9H,1H2;1H/t;2-,3-,4-,5-;/m.1./s1. The average Bonchev–Trinajstić information content (AvgIpc) is 2.67. The minimum atomic E-state index is -1.38. The molecule has 114 valence electrons. The third-order valence-corrected chi connectivity index (χ3v) is 2.46. The molecule has 2 rings (SSSR count). The number of hydrogen-bond acceptors (Lipinski definition) is 7. The molecular formula is C11H17ClN2O6. The SMILES string of the molecule is Cl.NC(=O)c1cccnc1.OC[C@H]1O[C@@H](O)[C@H](O)[C@@H]1O. The molecule has 1 aliphatic heterocycles. The van der Waals surface area contributed by atoms with E-state index in [1.54, 1.807) is 18.3 Å². The van der Waals surface area contributed by atoms with Crippen molar-refractivity contribution in [2.24, 2.45) is 5.73 Å². The van der Waals surface area contributed by atoms with E-state index in [2.05, 4.69) is 9.72 Å². The lowest BCUT2D eigenvalue weighted by atomic mass is 10.1. The van der Waals surface area contributed by atoms with E-state index in [1.807, 2.05) is 0 Å². The van der Waals surface area contributed by atoms with Gasteiger partial charge in [-0.1, -0.05) is 0 Å². The van der Waals surface area contributed by atoms with Gasteiger partial charge in [0.15, 0.2) is 6.29 Å². The van der Waals surface area contributed by atoms with E-state index in [1.165, 1.54) is 6.20 Å². The summed E-state index contributed by atoms with van der Waals surface area (Å²) in [5.41, 5.74) is 5.38. The molecule has 1 aliphatic rings. The maximum absolute atomic E-state index is 10.4. The third-order valence-electron chi connectivity index (χ3n) is 2.46. The van der Waals surface area contributed by atoms with Crippen LogP contribution < -0.4 is 5.73 Å². The molecule has 1 saturated heterocycles. The van der Waals surface area contributed by atoms with Gasteiger partial charge in [0.2, 0.25) is 5.91 Å². The highest BCUT2D eigenvalue weighted by Gasteiger charge is 2.41. The van der Waals surface area contributed by atoms with Crippen molar-refractivity contribution >= 4 is 18.3 Å². The number of ether oxygens (including phenoxy) is 1. The number of aliphatic hydroxyl groups is 4. The van der Waals surface area contributed by atoms with Crippen molar-refractivity contribution in [3.63, 3.8) is 0 Å². The minimum Gasteiger partial charge on any atom is -0.394 e. The molecule has 0 saturated carbocycles. The van der Waals surface area contributed by atoms with Gasteiger partial charge in [0.1, 0.15) is 18.3 Å². The summed E-state index contributed by atoms with van der Waals surface area (Å²) in [4.78, 5) is 14.1. The van der Waals surface area contributed by atoms with Crippen molar-refractivity contribution in [2.45, 2.75) is 24.6 Å². The summed E-state index contributed by atoms with van der Waals surface area (Å²) in [7, 11) is 0. The van der Waals surface area contributed by atoms with Gasteiger partial charge in [0, 0.05) is 12.4 Å². The molecule has 0 radical (unpaired) electrons. The quantitative estimate of drug-likeness (QED) is 0.425. The Morgan fingerprint density at radius 2 is 2.00 bits per heavy atom. The number of halogens is 1. The number of aromatic nitrogens is 1. The van der Waals surface area contributed by atoms with Crippen LogP contribution in [0.15, 0.2) is 24.5 Å². The van der Waals surface area contributed by atoms with Crippen molar-refractivity contribution in [1.29, 1.82) is 0 Å². The molecule has 8 nitrogen and oxygen atoms in total. The van der Waals surface area contributed by atoms with Crippen LogP contribution in [0.2, 0.25) is 0 Å². The molecule has 1 fully saturated rings. The lowest BCUT2D eigenvalue weighted by Gasteiger charge is -2.09. The third kappa shape index (κ3) is 5.00. The van der Waals surface area contributed by atoms with E-state index < -0.39 is 37.1 Å².